The van der Waals surface area contributed by atoms with E-state index in [1.807, 2.05) is 11.3 Å². The predicted molar refractivity (Wildman–Crippen MR) is 74.2 cm³/mol. The summed E-state index contributed by atoms with van der Waals surface area (Å²) in [6, 6.07) is 2.41. The first-order chi connectivity index (χ1) is 7.18. The molecule has 0 N–H and O–H groups in total. The molecule has 0 atom stereocenters. The maximum absolute atomic E-state index is 2.41. The normalized spacial score (nSPS) is 16.2. The molecule has 0 radical (unpaired) electrons. The first kappa shape index (κ1) is 11.9. The van der Waals surface area contributed by atoms with Crippen molar-refractivity contribution in [3.63, 3.8) is 0 Å². The lowest BCUT2D eigenvalue weighted by Crippen LogP contribution is -2.10. The third kappa shape index (κ3) is 2.10. The Kier molecular flexibility index (Phi) is 2.58. The van der Waals surface area contributed by atoms with Crippen molar-refractivity contribution in [2.45, 2.75) is 53.4 Å². The Labute approximate surface area is 103 Å². The van der Waals surface area contributed by atoms with Crippen LogP contribution in [0, 0.1) is 5.41 Å². The van der Waals surface area contributed by atoms with Crippen LogP contribution in [0.15, 0.2) is 11.6 Å². The van der Waals surface area contributed by atoms with E-state index in [0.29, 0.717) is 10.8 Å². The van der Waals surface area contributed by atoms with Gasteiger partial charge in [0.25, 0.3) is 0 Å². The van der Waals surface area contributed by atoms with Crippen molar-refractivity contribution in [3.8, 4) is 0 Å². The highest BCUT2D eigenvalue weighted by atomic mass is 32.1. The third-order valence-electron chi connectivity index (χ3n) is 3.23. The van der Waals surface area contributed by atoms with Gasteiger partial charge in [-0.2, -0.15) is 0 Å². The van der Waals surface area contributed by atoms with Crippen LogP contribution in [0.2, 0.25) is 0 Å². The lowest BCUT2D eigenvalue weighted by Gasteiger charge is -2.20. The van der Waals surface area contributed by atoms with Crippen molar-refractivity contribution in [3.05, 3.63) is 27.0 Å². The summed E-state index contributed by atoms with van der Waals surface area (Å²) >= 11 is 1.97. The number of hydrogen-bond donors (Lipinski definition) is 0. The summed E-state index contributed by atoms with van der Waals surface area (Å²) in [4.78, 5) is 3.01. The van der Waals surface area contributed by atoms with E-state index in [4.69, 9.17) is 0 Å². The largest absolute Gasteiger partial charge is 0.140 e. The first-order valence-electron chi connectivity index (χ1n) is 6.02. The van der Waals surface area contributed by atoms with Gasteiger partial charge in [-0.05, 0) is 35.0 Å². The molecule has 0 amide bonds. The summed E-state index contributed by atoms with van der Waals surface area (Å²) in [7, 11) is 0. The van der Waals surface area contributed by atoms with Gasteiger partial charge in [0.1, 0.15) is 0 Å². The summed E-state index contributed by atoms with van der Waals surface area (Å²) < 4.78 is 0. The Bertz CT molecular complexity index is 433. The second-order valence-corrected chi connectivity index (χ2v) is 7.93. The molecule has 16 heavy (non-hydrogen) atoms. The Morgan fingerprint density at radius 2 is 1.62 bits per heavy atom. The quantitative estimate of drug-likeness (QED) is 0.590. The molecule has 0 spiro atoms. The molecule has 0 aromatic carbocycles. The van der Waals surface area contributed by atoms with Gasteiger partial charge in [0.05, 0.1) is 0 Å². The SMILES string of the molecule is CC(C)(C)C1=Cc2sc(C(C)(C)C)cc2C1. The topological polar surface area (TPSA) is 0 Å². The average Bonchev–Trinajstić information content (AvgIpc) is 2.53. The summed E-state index contributed by atoms with van der Waals surface area (Å²) in [6.07, 6.45) is 3.57. The van der Waals surface area contributed by atoms with Gasteiger partial charge in [0.15, 0.2) is 0 Å². The number of hydrogen-bond acceptors (Lipinski definition) is 1. The summed E-state index contributed by atoms with van der Waals surface area (Å²) in [5, 5.41) is 0. The zero-order valence-corrected chi connectivity index (χ0v) is 12.1. The van der Waals surface area contributed by atoms with Crippen LogP contribution in [0.25, 0.3) is 6.08 Å². The van der Waals surface area contributed by atoms with E-state index in [1.165, 1.54) is 9.75 Å². The minimum atomic E-state index is 0.296. The highest BCUT2D eigenvalue weighted by molar-refractivity contribution is 7.13. The summed E-state index contributed by atoms with van der Waals surface area (Å²) in [6.45, 7) is 13.8. The molecule has 0 nitrogen and oxygen atoms in total. The van der Waals surface area contributed by atoms with Gasteiger partial charge in [-0.15, -0.1) is 11.3 Å². The first-order valence-corrected chi connectivity index (χ1v) is 6.84. The van der Waals surface area contributed by atoms with E-state index < -0.39 is 0 Å². The number of fused-ring (bicyclic) bond motifs is 1. The van der Waals surface area contributed by atoms with E-state index in [-0.39, 0.29) is 0 Å². The molecule has 1 aromatic heterocycles. The Morgan fingerprint density at radius 1 is 1.00 bits per heavy atom. The lowest BCUT2D eigenvalue weighted by molar-refractivity contribution is 0.498. The Hall–Kier alpha value is -0.560. The molecule has 0 aliphatic heterocycles. The highest BCUT2D eigenvalue weighted by Gasteiger charge is 2.26. The zero-order chi connectivity index (χ0) is 12.1. The molecule has 1 aliphatic carbocycles. The van der Waals surface area contributed by atoms with Crippen molar-refractivity contribution >= 4 is 17.4 Å². The van der Waals surface area contributed by atoms with Crippen molar-refractivity contribution < 1.29 is 0 Å². The maximum Gasteiger partial charge on any atom is 0.0308 e. The fraction of sp³-hybridized carbons (Fsp3) is 0.600. The zero-order valence-electron chi connectivity index (χ0n) is 11.3. The molecule has 1 aliphatic rings. The summed E-state index contributed by atoms with van der Waals surface area (Å²) in [5.41, 5.74) is 3.74. The minimum absolute atomic E-state index is 0.296. The standard InChI is InChI=1S/C15H22S/c1-14(2,3)11-7-10-8-13(15(4,5)6)16-12(10)9-11/h8-9H,7H2,1-6H3. The molecule has 0 saturated carbocycles. The van der Waals surface area contributed by atoms with Crippen molar-refractivity contribution in [2.75, 3.05) is 0 Å². The maximum atomic E-state index is 2.41. The van der Waals surface area contributed by atoms with Crippen LogP contribution in [0.5, 0.6) is 0 Å². The van der Waals surface area contributed by atoms with E-state index in [1.54, 1.807) is 11.1 Å². The van der Waals surface area contributed by atoms with Gasteiger partial charge >= 0.3 is 0 Å². The van der Waals surface area contributed by atoms with E-state index in [0.717, 1.165) is 6.42 Å². The summed E-state index contributed by atoms with van der Waals surface area (Å²) in [5.74, 6) is 0. The number of thiophene rings is 1. The molecule has 88 valence electrons. The second kappa shape index (κ2) is 3.46. The number of allylic oxidation sites excluding steroid dienone is 1. The molecular weight excluding hydrogens is 212 g/mol. The van der Waals surface area contributed by atoms with Crippen LogP contribution in [0.1, 0.15) is 56.9 Å². The van der Waals surface area contributed by atoms with Crippen molar-refractivity contribution in [2.24, 2.45) is 5.41 Å². The predicted octanol–water partition coefficient (Wildman–Crippen LogP) is 5.03. The van der Waals surface area contributed by atoms with Crippen LogP contribution in [-0.2, 0) is 11.8 Å². The molecule has 0 fully saturated rings. The van der Waals surface area contributed by atoms with Gasteiger partial charge in [0.2, 0.25) is 0 Å². The smallest absolute Gasteiger partial charge is 0.0308 e. The number of rotatable bonds is 0. The minimum Gasteiger partial charge on any atom is -0.140 e. The van der Waals surface area contributed by atoms with Crippen LogP contribution in [0.3, 0.4) is 0 Å². The van der Waals surface area contributed by atoms with Crippen molar-refractivity contribution in [1.29, 1.82) is 0 Å². The van der Waals surface area contributed by atoms with Crippen LogP contribution in [-0.4, -0.2) is 0 Å². The lowest BCUT2D eigenvalue weighted by atomic mass is 9.85. The fourth-order valence-corrected chi connectivity index (χ4v) is 3.18. The average molecular weight is 234 g/mol. The van der Waals surface area contributed by atoms with E-state index >= 15 is 0 Å². The molecular formula is C15H22S. The van der Waals surface area contributed by atoms with Crippen molar-refractivity contribution in [1.82, 2.24) is 0 Å². The van der Waals surface area contributed by atoms with Crippen LogP contribution < -0.4 is 0 Å². The van der Waals surface area contributed by atoms with Gasteiger partial charge in [-0.25, -0.2) is 0 Å². The van der Waals surface area contributed by atoms with Gasteiger partial charge in [0, 0.05) is 9.75 Å². The molecule has 1 heterocycles. The molecule has 0 unspecified atom stereocenters. The van der Waals surface area contributed by atoms with Gasteiger partial charge in [-0.3, -0.25) is 0 Å². The molecule has 1 aromatic rings. The van der Waals surface area contributed by atoms with E-state index in [9.17, 15) is 0 Å². The second-order valence-electron chi connectivity index (χ2n) is 6.85. The van der Waals surface area contributed by atoms with Gasteiger partial charge in [-0.1, -0.05) is 47.1 Å². The monoisotopic (exact) mass is 234 g/mol. The molecule has 0 bridgehead atoms. The van der Waals surface area contributed by atoms with E-state index in [2.05, 4.69) is 53.7 Å². The Balaban J connectivity index is 2.33. The van der Waals surface area contributed by atoms with Gasteiger partial charge < -0.3 is 0 Å². The molecule has 2 rings (SSSR count). The molecule has 1 heteroatoms. The van der Waals surface area contributed by atoms with Crippen LogP contribution in [0.4, 0.5) is 0 Å². The fourth-order valence-electron chi connectivity index (χ4n) is 1.97. The molecule has 0 saturated heterocycles. The third-order valence-corrected chi connectivity index (χ3v) is 4.78. The Morgan fingerprint density at radius 3 is 2.06 bits per heavy atom. The highest BCUT2D eigenvalue weighted by Crippen LogP contribution is 2.42. The van der Waals surface area contributed by atoms with Crippen LogP contribution >= 0.6 is 11.3 Å².